The predicted molar refractivity (Wildman–Crippen MR) is 130 cm³/mol. The van der Waals surface area contributed by atoms with E-state index in [0.717, 1.165) is 39.5 Å². The molecule has 0 unspecified atom stereocenters. The van der Waals surface area contributed by atoms with Gasteiger partial charge in [-0.3, -0.25) is 4.79 Å². The number of rotatable bonds is 6. The number of imidazole rings is 1. The molecule has 3 aromatic heterocycles. The fraction of sp³-hybridized carbons (Fsp3) is 0.280. The Labute approximate surface area is 196 Å². The Morgan fingerprint density at radius 2 is 1.85 bits per heavy atom. The quantitative estimate of drug-likeness (QED) is 0.405. The van der Waals surface area contributed by atoms with E-state index < -0.39 is 5.97 Å². The van der Waals surface area contributed by atoms with Crippen LogP contribution in [0.3, 0.4) is 0 Å². The van der Waals surface area contributed by atoms with Gasteiger partial charge in [-0.2, -0.15) is 0 Å². The highest BCUT2D eigenvalue weighted by Gasteiger charge is 2.21. The van der Waals surface area contributed by atoms with Gasteiger partial charge >= 0.3 is 5.97 Å². The summed E-state index contributed by atoms with van der Waals surface area (Å²) in [6, 6.07) is 10.2. The lowest BCUT2D eigenvalue weighted by Gasteiger charge is -2.08. The zero-order valence-corrected chi connectivity index (χ0v) is 20.2. The minimum absolute atomic E-state index is 0.111. The number of nitrogens with zero attached hydrogens (tertiary/aromatic N) is 3. The van der Waals surface area contributed by atoms with Crippen LogP contribution in [0.15, 0.2) is 36.5 Å². The lowest BCUT2D eigenvalue weighted by atomic mass is 10.0. The summed E-state index contributed by atoms with van der Waals surface area (Å²) in [5.74, 6) is -0.658. The molecule has 33 heavy (non-hydrogen) atoms. The van der Waals surface area contributed by atoms with Crippen LogP contribution in [0.4, 0.5) is 5.13 Å². The molecule has 170 valence electrons. The van der Waals surface area contributed by atoms with Gasteiger partial charge in [0.25, 0.3) is 0 Å². The summed E-state index contributed by atoms with van der Waals surface area (Å²) in [7, 11) is 0. The van der Waals surface area contributed by atoms with Gasteiger partial charge in [0.1, 0.15) is 10.5 Å². The Bertz CT molecular complexity index is 1370. The Morgan fingerprint density at radius 1 is 1.06 bits per heavy atom. The first-order valence-electron chi connectivity index (χ1n) is 10.8. The predicted octanol–water partition coefficient (Wildman–Crippen LogP) is 5.05. The summed E-state index contributed by atoms with van der Waals surface area (Å²) in [4.78, 5) is 34.7. The van der Waals surface area contributed by atoms with Crippen LogP contribution in [0.2, 0.25) is 0 Å². The normalized spacial score (nSPS) is 11.1. The highest BCUT2D eigenvalue weighted by molar-refractivity contribution is 7.17. The van der Waals surface area contributed by atoms with Crippen molar-refractivity contribution < 1.29 is 14.3 Å². The molecule has 7 nitrogen and oxygen atoms in total. The molecule has 0 saturated heterocycles. The second-order valence-corrected chi connectivity index (χ2v) is 8.97. The van der Waals surface area contributed by atoms with Crippen molar-refractivity contribution in [2.24, 2.45) is 0 Å². The molecule has 0 fully saturated rings. The number of hydrogen-bond acceptors (Lipinski definition) is 6. The molecule has 1 N–H and O–H groups in total. The van der Waals surface area contributed by atoms with E-state index in [2.05, 4.69) is 36.3 Å². The molecule has 1 aromatic carbocycles. The van der Waals surface area contributed by atoms with E-state index in [1.165, 1.54) is 11.1 Å². The number of amides is 1. The number of benzene rings is 1. The number of pyridine rings is 1. The molecule has 1 amide bonds. The van der Waals surface area contributed by atoms with Gasteiger partial charge in [-0.1, -0.05) is 29.5 Å². The Balaban J connectivity index is 1.67. The molecule has 4 rings (SSSR count). The van der Waals surface area contributed by atoms with E-state index >= 15 is 0 Å². The average Bonchev–Trinajstić information content (AvgIpc) is 3.31. The molecule has 0 radical (unpaired) electrons. The molecule has 8 heteroatoms. The largest absolute Gasteiger partial charge is 0.462 e. The van der Waals surface area contributed by atoms with Crippen LogP contribution in [0, 0.1) is 27.7 Å². The molecular formula is C25H26N4O3S. The first-order valence-corrected chi connectivity index (χ1v) is 11.6. The first kappa shape index (κ1) is 22.7. The number of aryl methyl sites for hydroxylation is 4. The highest BCUT2D eigenvalue weighted by Crippen LogP contribution is 2.29. The molecule has 0 aliphatic heterocycles. The van der Waals surface area contributed by atoms with Gasteiger partial charge in [0.05, 0.1) is 30.1 Å². The first-order chi connectivity index (χ1) is 15.8. The summed E-state index contributed by atoms with van der Waals surface area (Å²) in [5.41, 5.74) is 7.31. The van der Waals surface area contributed by atoms with Crippen LogP contribution in [0.25, 0.3) is 16.9 Å². The maximum absolute atomic E-state index is 13.0. The molecule has 0 aliphatic rings. The smallest absolute Gasteiger partial charge is 0.350 e. The number of anilines is 1. The summed E-state index contributed by atoms with van der Waals surface area (Å²) in [5, 5.41) is 3.21. The van der Waals surface area contributed by atoms with Gasteiger partial charge in [0.2, 0.25) is 5.91 Å². The van der Waals surface area contributed by atoms with Crippen LogP contribution < -0.4 is 5.32 Å². The minimum Gasteiger partial charge on any atom is -0.462 e. The van der Waals surface area contributed by atoms with Crippen molar-refractivity contribution in [1.29, 1.82) is 0 Å². The van der Waals surface area contributed by atoms with Crippen molar-refractivity contribution in [2.75, 3.05) is 11.9 Å². The van der Waals surface area contributed by atoms with E-state index in [9.17, 15) is 9.59 Å². The van der Waals surface area contributed by atoms with Gasteiger partial charge in [0, 0.05) is 11.8 Å². The maximum Gasteiger partial charge on any atom is 0.350 e. The molecular weight excluding hydrogens is 436 g/mol. The second-order valence-electron chi connectivity index (χ2n) is 7.97. The lowest BCUT2D eigenvalue weighted by molar-refractivity contribution is -0.115. The third-order valence-electron chi connectivity index (χ3n) is 5.56. The number of carbonyl (C=O) groups excluding carboxylic acids is 2. The standard InChI is InChI=1S/C25H26N4O3S/c1-6-32-24(31)22-17(5)26-25(33-22)27-20(30)13-19-21(18-10-9-14(2)16(4)12-18)28-23-15(3)8-7-11-29(19)23/h7-12H,6,13H2,1-5H3,(H,26,27,30). The number of fused-ring (bicyclic) bond motifs is 1. The van der Waals surface area contributed by atoms with Gasteiger partial charge in [-0.15, -0.1) is 0 Å². The molecule has 0 bridgehead atoms. The SMILES string of the molecule is CCOC(=O)c1sc(NC(=O)Cc2c(-c3ccc(C)c(C)c3)nc3c(C)cccn23)nc1C. The maximum atomic E-state index is 13.0. The average molecular weight is 463 g/mol. The summed E-state index contributed by atoms with van der Waals surface area (Å²) >= 11 is 1.12. The molecule has 0 atom stereocenters. The number of esters is 1. The zero-order chi connectivity index (χ0) is 23.7. The number of ether oxygens (including phenoxy) is 1. The van der Waals surface area contributed by atoms with Gasteiger partial charge in [-0.25, -0.2) is 14.8 Å². The highest BCUT2D eigenvalue weighted by atomic mass is 32.1. The van der Waals surface area contributed by atoms with Gasteiger partial charge < -0.3 is 14.5 Å². The van der Waals surface area contributed by atoms with Crippen LogP contribution in [0.5, 0.6) is 0 Å². The third-order valence-corrected chi connectivity index (χ3v) is 6.61. The Hall–Kier alpha value is -3.52. The van der Waals surface area contributed by atoms with E-state index in [0.29, 0.717) is 15.7 Å². The zero-order valence-electron chi connectivity index (χ0n) is 19.4. The number of carbonyl (C=O) groups is 2. The molecule has 4 aromatic rings. The van der Waals surface area contributed by atoms with Crippen molar-refractivity contribution in [3.05, 3.63) is 69.5 Å². The monoisotopic (exact) mass is 462 g/mol. The Morgan fingerprint density at radius 3 is 2.58 bits per heavy atom. The Kier molecular flexibility index (Phi) is 6.29. The summed E-state index contributed by atoms with van der Waals surface area (Å²) in [6.07, 6.45) is 2.04. The van der Waals surface area contributed by atoms with Crippen molar-refractivity contribution in [3.63, 3.8) is 0 Å². The van der Waals surface area contributed by atoms with Gasteiger partial charge in [0.15, 0.2) is 5.13 Å². The van der Waals surface area contributed by atoms with Crippen LogP contribution in [-0.4, -0.2) is 32.9 Å². The minimum atomic E-state index is -0.428. The fourth-order valence-electron chi connectivity index (χ4n) is 3.69. The van der Waals surface area contributed by atoms with E-state index in [1.807, 2.05) is 35.7 Å². The van der Waals surface area contributed by atoms with Crippen molar-refractivity contribution in [1.82, 2.24) is 14.4 Å². The van der Waals surface area contributed by atoms with Gasteiger partial charge in [-0.05, 0) is 63.4 Å². The van der Waals surface area contributed by atoms with Crippen molar-refractivity contribution in [3.8, 4) is 11.3 Å². The van der Waals surface area contributed by atoms with E-state index in [4.69, 9.17) is 9.72 Å². The van der Waals surface area contributed by atoms with E-state index in [-0.39, 0.29) is 18.9 Å². The van der Waals surface area contributed by atoms with Crippen LogP contribution in [0.1, 0.15) is 44.7 Å². The molecule has 3 heterocycles. The topological polar surface area (TPSA) is 85.6 Å². The van der Waals surface area contributed by atoms with Crippen LogP contribution in [-0.2, 0) is 16.0 Å². The number of thiazole rings is 1. The third kappa shape index (κ3) is 4.52. The molecule has 0 spiro atoms. The summed E-state index contributed by atoms with van der Waals surface area (Å²) < 4.78 is 7.03. The van der Waals surface area contributed by atoms with Crippen LogP contribution >= 0.6 is 11.3 Å². The second kappa shape index (κ2) is 9.15. The number of hydrogen-bond donors (Lipinski definition) is 1. The number of nitrogens with one attached hydrogen (secondary N) is 1. The lowest BCUT2D eigenvalue weighted by Crippen LogP contribution is -2.16. The molecule has 0 aliphatic carbocycles. The number of aromatic nitrogens is 3. The molecule has 0 saturated carbocycles. The van der Waals surface area contributed by atoms with E-state index in [1.54, 1.807) is 13.8 Å². The summed E-state index contributed by atoms with van der Waals surface area (Å²) in [6.45, 7) is 9.91. The van der Waals surface area contributed by atoms with Crippen molar-refractivity contribution in [2.45, 2.75) is 41.0 Å². The fourth-order valence-corrected chi connectivity index (χ4v) is 4.57. The van der Waals surface area contributed by atoms with Crippen molar-refractivity contribution >= 4 is 34.0 Å².